The monoisotopic (exact) mass is 820 g/mol. The van der Waals surface area contributed by atoms with Crippen LogP contribution in [0.2, 0.25) is 0 Å². The first-order valence-electron chi connectivity index (χ1n) is 21.2. The second-order valence-electron chi connectivity index (χ2n) is 16.3. The van der Waals surface area contributed by atoms with Crippen LogP contribution in [-0.4, -0.2) is 19.5 Å². The average Bonchev–Trinajstić information content (AvgIpc) is 4.02. The maximum absolute atomic E-state index is 6.80. The Morgan fingerprint density at radius 3 is 1.87 bits per heavy atom. The molecule has 63 heavy (non-hydrogen) atoms. The number of para-hydroxylation sites is 1. The lowest BCUT2D eigenvalue weighted by molar-refractivity contribution is 0.669. The standard InChI is InChI=1S/C57H32N4OS/c1-2-15-36-29-47-45(28-35(36)14-1)53-40-18-6-4-13-34(40)25-27-46(53)61(47)48-30-38(31-50-54(48)44-20-7-9-22-49(44)62-50)56-58-55(37-24-26-42-41-19-8-10-23-51(41)63-52(42)32-37)59-57(60-56)43-21-11-16-33-12-3-5-17-39(33)43/h1-32H. The zero-order valence-corrected chi connectivity index (χ0v) is 34.4. The van der Waals surface area contributed by atoms with Gasteiger partial charge < -0.3 is 8.98 Å². The number of hydrogen-bond acceptors (Lipinski definition) is 5. The number of fused-ring (bicyclic) bond motifs is 13. The molecule has 14 rings (SSSR count). The van der Waals surface area contributed by atoms with Crippen molar-refractivity contribution in [3.63, 3.8) is 0 Å². The predicted molar refractivity (Wildman–Crippen MR) is 263 cm³/mol. The minimum atomic E-state index is 0.569. The van der Waals surface area contributed by atoms with Crippen molar-refractivity contribution >= 4 is 108 Å². The Labute approximate surface area is 363 Å². The van der Waals surface area contributed by atoms with Gasteiger partial charge in [0, 0.05) is 53.0 Å². The molecule has 5 nitrogen and oxygen atoms in total. The summed E-state index contributed by atoms with van der Waals surface area (Å²) >= 11 is 1.79. The SMILES string of the molecule is c1ccc2cc3c(cc2c1)c1c2ccccc2ccc1n3-c1cc(-c2nc(-c3ccc4c(c3)sc3ccccc34)nc(-c3cccc4ccccc34)n2)cc2oc3ccccc3c12. The van der Waals surface area contributed by atoms with Crippen LogP contribution in [0, 0.1) is 0 Å². The zero-order chi connectivity index (χ0) is 41.2. The summed E-state index contributed by atoms with van der Waals surface area (Å²) in [6, 6.07) is 69.2. The molecule has 10 aromatic carbocycles. The van der Waals surface area contributed by atoms with Crippen LogP contribution in [0.25, 0.3) is 136 Å². The molecule has 0 fully saturated rings. The van der Waals surface area contributed by atoms with Crippen molar-refractivity contribution in [3.8, 4) is 39.9 Å². The average molecular weight is 821 g/mol. The van der Waals surface area contributed by atoms with E-state index in [1.54, 1.807) is 11.3 Å². The lowest BCUT2D eigenvalue weighted by Crippen LogP contribution is -2.02. The van der Waals surface area contributed by atoms with Gasteiger partial charge in [-0.05, 0) is 80.8 Å². The molecule has 0 amide bonds. The first-order valence-corrected chi connectivity index (χ1v) is 22.0. The Kier molecular flexibility index (Phi) is 7.21. The summed E-state index contributed by atoms with van der Waals surface area (Å²) in [5.41, 5.74) is 7.55. The normalized spacial score (nSPS) is 12.1. The van der Waals surface area contributed by atoms with Gasteiger partial charge in [0.05, 0.1) is 22.1 Å². The molecule has 0 N–H and O–H groups in total. The second kappa shape index (κ2) is 13.2. The van der Waals surface area contributed by atoms with Crippen LogP contribution in [0.15, 0.2) is 199 Å². The smallest absolute Gasteiger partial charge is 0.164 e. The highest BCUT2D eigenvalue weighted by molar-refractivity contribution is 7.25. The fourth-order valence-corrected chi connectivity index (χ4v) is 11.1. The van der Waals surface area contributed by atoms with Crippen LogP contribution < -0.4 is 0 Å². The molecule has 0 aliphatic rings. The Morgan fingerprint density at radius 1 is 0.365 bits per heavy atom. The van der Waals surface area contributed by atoms with E-state index in [9.17, 15) is 0 Å². The molecule has 6 heteroatoms. The van der Waals surface area contributed by atoms with Crippen LogP contribution in [0.4, 0.5) is 0 Å². The van der Waals surface area contributed by atoms with Gasteiger partial charge in [0.1, 0.15) is 11.2 Å². The molecule has 14 aromatic rings. The number of furan rings is 1. The topological polar surface area (TPSA) is 56.7 Å². The van der Waals surface area contributed by atoms with Crippen molar-refractivity contribution in [2.45, 2.75) is 0 Å². The molecule has 0 radical (unpaired) electrons. The molecule has 0 bridgehead atoms. The van der Waals surface area contributed by atoms with Crippen LogP contribution in [-0.2, 0) is 0 Å². The number of aromatic nitrogens is 4. The third kappa shape index (κ3) is 5.19. The van der Waals surface area contributed by atoms with Crippen molar-refractivity contribution in [2.75, 3.05) is 0 Å². The number of thiophene rings is 1. The lowest BCUT2D eigenvalue weighted by Gasteiger charge is -2.14. The summed E-state index contributed by atoms with van der Waals surface area (Å²) in [7, 11) is 0. The molecule has 0 aliphatic heterocycles. The molecule has 4 heterocycles. The van der Waals surface area contributed by atoms with E-state index in [2.05, 4.69) is 193 Å². The third-order valence-electron chi connectivity index (χ3n) is 12.8. The quantitative estimate of drug-likeness (QED) is 0.177. The van der Waals surface area contributed by atoms with Crippen LogP contribution in [0.1, 0.15) is 0 Å². The Hall–Kier alpha value is -8.19. The van der Waals surface area contributed by atoms with Gasteiger partial charge >= 0.3 is 0 Å². The lowest BCUT2D eigenvalue weighted by atomic mass is 10.0. The van der Waals surface area contributed by atoms with E-state index in [0.29, 0.717) is 17.5 Å². The van der Waals surface area contributed by atoms with Gasteiger partial charge in [0.25, 0.3) is 0 Å². The van der Waals surface area contributed by atoms with Gasteiger partial charge in [-0.25, -0.2) is 15.0 Å². The highest BCUT2D eigenvalue weighted by Crippen LogP contribution is 2.44. The summed E-state index contributed by atoms with van der Waals surface area (Å²) in [6.45, 7) is 0. The van der Waals surface area contributed by atoms with E-state index >= 15 is 0 Å². The fraction of sp³-hybridized carbons (Fsp3) is 0. The van der Waals surface area contributed by atoms with Gasteiger partial charge in [0.2, 0.25) is 0 Å². The highest BCUT2D eigenvalue weighted by atomic mass is 32.1. The van der Waals surface area contributed by atoms with Crippen LogP contribution in [0.5, 0.6) is 0 Å². The maximum Gasteiger partial charge on any atom is 0.164 e. The first kappa shape index (κ1) is 34.5. The van der Waals surface area contributed by atoms with Crippen molar-refractivity contribution in [1.29, 1.82) is 0 Å². The highest BCUT2D eigenvalue weighted by Gasteiger charge is 2.23. The predicted octanol–water partition coefficient (Wildman–Crippen LogP) is 15.7. The minimum absolute atomic E-state index is 0.569. The van der Waals surface area contributed by atoms with E-state index in [1.165, 1.54) is 52.5 Å². The first-order chi connectivity index (χ1) is 31.2. The van der Waals surface area contributed by atoms with E-state index in [1.807, 2.05) is 6.07 Å². The molecular weight excluding hydrogens is 789 g/mol. The van der Waals surface area contributed by atoms with E-state index < -0.39 is 0 Å². The van der Waals surface area contributed by atoms with E-state index in [-0.39, 0.29) is 0 Å². The molecule has 0 saturated heterocycles. The number of rotatable bonds is 4. The number of hydrogen-bond donors (Lipinski definition) is 0. The molecular formula is C57H32N4OS. The van der Waals surface area contributed by atoms with Crippen molar-refractivity contribution in [1.82, 2.24) is 19.5 Å². The second-order valence-corrected chi connectivity index (χ2v) is 17.4. The van der Waals surface area contributed by atoms with Gasteiger partial charge in [-0.1, -0.05) is 146 Å². The van der Waals surface area contributed by atoms with Crippen LogP contribution in [0.3, 0.4) is 0 Å². The largest absolute Gasteiger partial charge is 0.456 e. The van der Waals surface area contributed by atoms with Gasteiger partial charge in [-0.3, -0.25) is 0 Å². The minimum Gasteiger partial charge on any atom is -0.456 e. The molecule has 0 saturated carbocycles. The summed E-state index contributed by atoms with van der Waals surface area (Å²) in [5.74, 6) is 1.80. The summed E-state index contributed by atoms with van der Waals surface area (Å²) in [6.07, 6.45) is 0. The summed E-state index contributed by atoms with van der Waals surface area (Å²) in [4.78, 5) is 16.0. The molecule has 0 spiro atoms. The van der Waals surface area contributed by atoms with Gasteiger partial charge in [-0.2, -0.15) is 0 Å². The Bertz CT molecular complexity index is 4230. The Morgan fingerprint density at radius 2 is 1.02 bits per heavy atom. The van der Waals surface area contributed by atoms with Crippen molar-refractivity contribution in [2.24, 2.45) is 0 Å². The van der Waals surface area contributed by atoms with E-state index in [0.717, 1.165) is 66.1 Å². The van der Waals surface area contributed by atoms with Crippen LogP contribution >= 0.6 is 11.3 Å². The number of benzene rings is 10. The molecule has 0 aliphatic carbocycles. The molecule has 4 aromatic heterocycles. The van der Waals surface area contributed by atoms with E-state index in [4.69, 9.17) is 19.4 Å². The molecule has 292 valence electrons. The zero-order valence-electron chi connectivity index (χ0n) is 33.6. The molecule has 0 unspecified atom stereocenters. The number of nitrogens with zero attached hydrogens (tertiary/aromatic N) is 4. The van der Waals surface area contributed by atoms with Gasteiger partial charge in [0.15, 0.2) is 17.5 Å². The summed E-state index contributed by atoms with van der Waals surface area (Å²) in [5, 5.41) is 14.0. The Balaban J connectivity index is 1.09. The van der Waals surface area contributed by atoms with Crippen molar-refractivity contribution < 1.29 is 4.42 Å². The molecule has 0 atom stereocenters. The van der Waals surface area contributed by atoms with Crippen molar-refractivity contribution in [3.05, 3.63) is 194 Å². The summed E-state index contributed by atoms with van der Waals surface area (Å²) < 4.78 is 11.7. The third-order valence-corrected chi connectivity index (χ3v) is 13.9. The van der Waals surface area contributed by atoms with Gasteiger partial charge in [-0.15, -0.1) is 11.3 Å². The fourth-order valence-electron chi connectivity index (χ4n) is 9.91. The maximum atomic E-state index is 6.80.